The van der Waals surface area contributed by atoms with Gasteiger partial charge >= 0.3 is 5.97 Å². The Bertz CT molecular complexity index is 1780. The standard InChI is InChI=1S/C40H63N9O15/c1-19(2)14-27(37(61)47-28(36(60)43-23(16-50)17-51)15-22-6-8-24(54)9-7-22)46-35(59)26(11-13-31(56)57)44-34(58)25(10-12-30(41)55)45-40(64)33(21(5)53)49-38(62)29(18-52)48-39(63)32(42)20(3)4/h6-9,16,19-21,23,25-29,32-33,51-54H,10-15,17-18,42H2,1-5H3,(H2,41,55)(H,43,60)(H,44,58)(H,45,64)(H,46,59)(H,47,61)(H,48,63)(H,49,62)(H,56,57)/t21-,23-,25+,26+,27+,28+,29+,32+,33+/m1/s1. The number of benzene rings is 1. The van der Waals surface area contributed by atoms with Crippen LogP contribution in [-0.2, 0) is 54.4 Å². The molecule has 64 heavy (non-hydrogen) atoms. The summed E-state index contributed by atoms with van der Waals surface area (Å²) in [6.45, 7) is 6.07. The maximum Gasteiger partial charge on any atom is 0.303 e. The van der Waals surface area contributed by atoms with Crippen molar-refractivity contribution in [3.05, 3.63) is 29.8 Å². The highest BCUT2D eigenvalue weighted by atomic mass is 16.4. The summed E-state index contributed by atoms with van der Waals surface area (Å²) >= 11 is 0. The summed E-state index contributed by atoms with van der Waals surface area (Å²) in [5.74, 6) is -10.2. The maximum absolute atomic E-state index is 13.9. The molecule has 0 bridgehead atoms. The number of carboxylic acid groups (broad SMARTS) is 1. The minimum Gasteiger partial charge on any atom is -0.508 e. The van der Waals surface area contributed by atoms with Crippen LogP contribution in [-0.4, -0.2) is 153 Å². The molecule has 0 aliphatic heterocycles. The number of aldehydes is 1. The third-order valence-electron chi connectivity index (χ3n) is 9.53. The number of rotatable bonds is 29. The van der Waals surface area contributed by atoms with Gasteiger partial charge in [-0.1, -0.05) is 39.8 Å². The summed E-state index contributed by atoms with van der Waals surface area (Å²) in [6, 6.07) is -6.53. The first-order chi connectivity index (χ1) is 29.9. The van der Waals surface area contributed by atoms with Crippen LogP contribution in [0.5, 0.6) is 5.75 Å². The molecular weight excluding hydrogens is 846 g/mol. The number of carbonyl (C=O) groups excluding carboxylic acids is 9. The number of aliphatic hydroxyl groups is 3. The number of primary amides is 1. The van der Waals surface area contributed by atoms with Crippen molar-refractivity contribution >= 4 is 59.5 Å². The summed E-state index contributed by atoms with van der Waals surface area (Å²) in [7, 11) is 0. The Morgan fingerprint density at radius 1 is 0.625 bits per heavy atom. The molecule has 0 aromatic heterocycles. The first kappa shape index (κ1) is 55.8. The number of aliphatic hydroxyl groups excluding tert-OH is 3. The van der Waals surface area contributed by atoms with Crippen molar-refractivity contribution in [1.82, 2.24) is 37.2 Å². The average Bonchev–Trinajstić information content (AvgIpc) is 3.22. The van der Waals surface area contributed by atoms with E-state index in [4.69, 9.17) is 11.5 Å². The molecule has 1 aromatic carbocycles. The molecule has 0 aliphatic rings. The minimum atomic E-state index is -1.84. The first-order valence-electron chi connectivity index (χ1n) is 20.5. The lowest BCUT2D eigenvalue weighted by Gasteiger charge is -2.28. The van der Waals surface area contributed by atoms with Crippen LogP contribution >= 0.6 is 0 Å². The maximum atomic E-state index is 13.9. The first-order valence-corrected chi connectivity index (χ1v) is 20.5. The molecule has 1 aromatic rings. The van der Waals surface area contributed by atoms with E-state index < -0.39 is 147 Å². The number of phenolic OH excluding ortho intramolecular Hbond substituents is 1. The molecule has 9 atom stereocenters. The average molecular weight is 910 g/mol. The van der Waals surface area contributed by atoms with Crippen molar-refractivity contribution in [1.29, 1.82) is 0 Å². The number of aliphatic carboxylic acids is 1. The second-order valence-corrected chi connectivity index (χ2v) is 15.9. The Morgan fingerprint density at radius 3 is 1.56 bits per heavy atom. The van der Waals surface area contributed by atoms with Gasteiger partial charge in [-0.2, -0.15) is 0 Å². The van der Waals surface area contributed by atoms with Gasteiger partial charge in [0.25, 0.3) is 0 Å². The lowest BCUT2D eigenvalue weighted by molar-refractivity contribution is -0.139. The van der Waals surface area contributed by atoms with Crippen LogP contribution in [0, 0.1) is 11.8 Å². The number of phenols is 1. The number of hydrogen-bond acceptors (Lipinski definition) is 15. The molecule has 0 saturated heterocycles. The van der Waals surface area contributed by atoms with Gasteiger partial charge < -0.3 is 79.0 Å². The van der Waals surface area contributed by atoms with E-state index in [0.717, 1.165) is 6.92 Å². The Morgan fingerprint density at radius 2 is 1.09 bits per heavy atom. The highest BCUT2D eigenvalue weighted by Gasteiger charge is 2.36. The molecule has 16 N–H and O–H groups in total. The van der Waals surface area contributed by atoms with E-state index in [0.29, 0.717) is 5.56 Å². The van der Waals surface area contributed by atoms with Crippen molar-refractivity contribution in [3.8, 4) is 5.75 Å². The van der Waals surface area contributed by atoms with Crippen LogP contribution in [0.2, 0.25) is 0 Å². The highest BCUT2D eigenvalue weighted by molar-refractivity contribution is 5.98. The molecule has 0 unspecified atom stereocenters. The zero-order valence-corrected chi connectivity index (χ0v) is 36.4. The zero-order valence-electron chi connectivity index (χ0n) is 36.4. The number of nitrogens with one attached hydrogen (secondary N) is 7. The zero-order chi connectivity index (χ0) is 48.8. The lowest BCUT2D eigenvalue weighted by atomic mass is 10.00. The predicted molar refractivity (Wildman–Crippen MR) is 225 cm³/mol. The van der Waals surface area contributed by atoms with E-state index in [1.807, 2.05) is 0 Å². The Hall–Kier alpha value is -6.24. The van der Waals surface area contributed by atoms with Crippen LogP contribution < -0.4 is 48.7 Å². The fraction of sp³-hybridized carbons (Fsp3) is 0.600. The van der Waals surface area contributed by atoms with Gasteiger partial charge in [0.15, 0.2) is 0 Å². The summed E-state index contributed by atoms with van der Waals surface area (Å²) in [5, 5.41) is 65.1. The van der Waals surface area contributed by atoms with Crippen molar-refractivity contribution in [2.45, 2.75) is 128 Å². The molecule has 0 aliphatic carbocycles. The van der Waals surface area contributed by atoms with Crippen molar-refractivity contribution in [3.63, 3.8) is 0 Å². The van der Waals surface area contributed by atoms with E-state index >= 15 is 0 Å². The molecular formula is C40H63N9O15. The number of hydrogen-bond donors (Lipinski definition) is 14. The molecule has 1 rings (SSSR count). The third kappa shape index (κ3) is 19.9. The van der Waals surface area contributed by atoms with Gasteiger partial charge in [0, 0.05) is 19.3 Å². The molecule has 0 saturated carbocycles. The molecule has 0 radical (unpaired) electrons. The quantitative estimate of drug-likeness (QED) is 0.0335. The lowest BCUT2D eigenvalue weighted by Crippen LogP contribution is -2.62. The van der Waals surface area contributed by atoms with Crippen LogP contribution in [0.4, 0.5) is 0 Å². The van der Waals surface area contributed by atoms with E-state index in [1.165, 1.54) is 24.3 Å². The van der Waals surface area contributed by atoms with Crippen molar-refractivity contribution in [2.24, 2.45) is 23.3 Å². The Balaban J connectivity index is 3.44. The SMILES string of the molecule is CC(C)C[C@H](NC(=O)[C@H](CCC(=O)O)NC(=O)[C@H](CCC(N)=O)NC(=O)[C@@H](NC(=O)[C@H](CO)NC(=O)[C@@H](N)C(C)C)[C@@H](C)O)C(=O)N[C@@H](Cc1ccc(O)cc1)C(=O)N[C@H](C=O)CO. The summed E-state index contributed by atoms with van der Waals surface area (Å²) in [6.07, 6.45) is -3.93. The van der Waals surface area contributed by atoms with Crippen LogP contribution in [0.25, 0.3) is 0 Å². The molecule has 8 amide bonds. The Kier molecular flexibility index (Phi) is 24.2. The summed E-state index contributed by atoms with van der Waals surface area (Å²) in [4.78, 5) is 128. The molecule has 358 valence electrons. The monoisotopic (exact) mass is 909 g/mol. The van der Waals surface area contributed by atoms with E-state index in [2.05, 4.69) is 37.2 Å². The Labute approximate surface area is 369 Å². The molecule has 0 fully saturated rings. The number of amides is 8. The van der Waals surface area contributed by atoms with Gasteiger partial charge in [0.05, 0.1) is 25.4 Å². The fourth-order valence-corrected chi connectivity index (χ4v) is 5.78. The van der Waals surface area contributed by atoms with Gasteiger partial charge in [0.2, 0.25) is 47.3 Å². The van der Waals surface area contributed by atoms with Crippen LogP contribution in [0.3, 0.4) is 0 Å². The van der Waals surface area contributed by atoms with E-state index in [1.54, 1.807) is 27.7 Å². The third-order valence-corrected chi connectivity index (χ3v) is 9.53. The number of carbonyl (C=O) groups is 10. The number of carboxylic acids is 1. The van der Waals surface area contributed by atoms with Gasteiger partial charge in [-0.25, -0.2) is 0 Å². The van der Waals surface area contributed by atoms with Crippen molar-refractivity contribution < 1.29 is 73.5 Å². The van der Waals surface area contributed by atoms with E-state index in [-0.39, 0.29) is 36.7 Å². The molecule has 24 heteroatoms. The fourth-order valence-electron chi connectivity index (χ4n) is 5.78. The summed E-state index contributed by atoms with van der Waals surface area (Å²) in [5.41, 5.74) is 11.6. The minimum absolute atomic E-state index is 0.0621. The largest absolute Gasteiger partial charge is 0.508 e. The molecule has 0 spiro atoms. The highest BCUT2D eigenvalue weighted by Crippen LogP contribution is 2.14. The van der Waals surface area contributed by atoms with Gasteiger partial charge in [-0.3, -0.25) is 43.2 Å². The molecule has 0 heterocycles. The smallest absolute Gasteiger partial charge is 0.303 e. The number of nitrogens with two attached hydrogens (primary N) is 2. The van der Waals surface area contributed by atoms with Crippen LogP contribution in [0.1, 0.15) is 72.3 Å². The van der Waals surface area contributed by atoms with Gasteiger partial charge in [-0.05, 0) is 55.7 Å². The predicted octanol–water partition coefficient (Wildman–Crippen LogP) is -4.95. The van der Waals surface area contributed by atoms with Crippen molar-refractivity contribution in [2.75, 3.05) is 13.2 Å². The van der Waals surface area contributed by atoms with Gasteiger partial charge in [-0.15, -0.1) is 0 Å². The van der Waals surface area contributed by atoms with Crippen LogP contribution in [0.15, 0.2) is 24.3 Å². The summed E-state index contributed by atoms with van der Waals surface area (Å²) < 4.78 is 0. The van der Waals surface area contributed by atoms with Gasteiger partial charge in [0.1, 0.15) is 54.3 Å². The number of aromatic hydroxyl groups is 1. The normalized spacial score (nSPS) is 15.4. The second-order valence-electron chi connectivity index (χ2n) is 15.9. The second kappa shape index (κ2) is 27.7. The molecule has 24 nitrogen and oxygen atoms in total. The van der Waals surface area contributed by atoms with E-state index in [9.17, 15) is 73.5 Å². The topological polar surface area (TPSA) is 408 Å².